The summed E-state index contributed by atoms with van der Waals surface area (Å²) in [5, 5.41) is 0. The fraction of sp³-hybridized carbons (Fsp3) is 1.00. The Labute approximate surface area is 97.0 Å². The Morgan fingerprint density at radius 3 is 2.14 bits per heavy atom. The van der Waals surface area contributed by atoms with E-state index in [0.717, 1.165) is 22.6 Å². The minimum Gasteiger partial charge on any atom is -0.0888 e. The van der Waals surface area contributed by atoms with Gasteiger partial charge in [-0.05, 0) is 43.4 Å². The normalized spacial score (nSPS) is 45.0. The van der Waals surface area contributed by atoms with Gasteiger partial charge < -0.3 is 0 Å². The van der Waals surface area contributed by atoms with Crippen LogP contribution in [0.3, 0.4) is 0 Å². The van der Waals surface area contributed by atoms with Gasteiger partial charge in [0.25, 0.3) is 0 Å². The summed E-state index contributed by atoms with van der Waals surface area (Å²) in [7, 11) is 0. The highest BCUT2D eigenvalue weighted by molar-refractivity contribution is 9.09. The Bertz CT molecular complexity index is 170. The average Bonchev–Trinajstić information content (AvgIpc) is 2.20. The van der Waals surface area contributed by atoms with Crippen LogP contribution in [0, 0.1) is 17.8 Å². The first kappa shape index (κ1) is 11.0. The van der Waals surface area contributed by atoms with E-state index in [2.05, 4.69) is 22.9 Å². The SMILES string of the molecule is CC1CCC(C2CCCCC2Br)CC1. The molecule has 82 valence electrons. The highest BCUT2D eigenvalue weighted by atomic mass is 79.9. The first-order valence-electron chi connectivity index (χ1n) is 6.41. The summed E-state index contributed by atoms with van der Waals surface area (Å²) in [6.45, 7) is 2.42. The molecule has 0 saturated heterocycles. The largest absolute Gasteiger partial charge is 0.0888 e. The standard InChI is InChI=1S/C13H23Br/c1-10-6-8-11(9-7-10)12-4-2-3-5-13(12)14/h10-13H,2-9H2,1H3. The van der Waals surface area contributed by atoms with Crippen molar-refractivity contribution >= 4 is 15.9 Å². The van der Waals surface area contributed by atoms with Crippen molar-refractivity contribution in [1.29, 1.82) is 0 Å². The summed E-state index contributed by atoms with van der Waals surface area (Å²) in [6.07, 6.45) is 11.9. The molecular weight excluding hydrogens is 236 g/mol. The van der Waals surface area contributed by atoms with Crippen molar-refractivity contribution in [2.75, 3.05) is 0 Å². The van der Waals surface area contributed by atoms with Gasteiger partial charge in [0.15, 0.2) is 0 Å². The van der Waals surface area contributed by atoms with Crippen molar-refractivity contribution in [2.24, 2.45) is 17.8 Å². The minimum atomic E-state index is 0.842. The summed E-state index contributed by atoms with van der Waals surface area (Å²) in [5.74, 6) is 3.07. The molecule has 0 amide bonds. The van der Waals surface area contributed by atoms with Crippen LogP contribution in [0.5, 0.6) is 0 Å². The smallest absolute Gasteiger partial charge is 0.0176 e. The molecule has 1 heteroatoms. The maximum absolute atomic E-state index is 3.91. The Morgan fingerprint density at radius 2 is 1.50 bits per heavy atom. The van der Waals surface area contributed by atoms with E-state index in [1.165, 1.54) is 51.4 Å². The van der Waals surface area contributed by atoms with Gasteiger partial charge >= 0.3 is 0 Å². The van der Waals surface area contributed by atoms with Crippen LogP contribution in [0.4, 0.5) is 0 Å². The lowest BCUT2D eigenvalue weighted by atomic mass is 9.71. The Morgan fingerprint density at radius 1 is 0.857 bits per heavy atom. The van der Waals surface area contributed by atoms with Gasteiger partial charge in [-0.3, -0.25) is 0 Å². The number of rotatable bonds is 1. The number of hydrogen-bond acceptors (Lipinski definition) is 0. The molecule has 2 unspecified atom stereocenters. The first-order valence-corrected chi connectivity index (χ1v) is 7.33. The number of alkyl halides is 1. The van der Waals surface area contributed by atoms with Crippen molar-refractivity contribution in [3.05, 3.63) is 0 Å². The van der Waals surface area contributed by atoms with Crippen molar-refractivity contribution in [3.63, 3.8) is 0 Å². The Hall–Kier alpha value is 0.480. The highest BCUT2D eigenvalue weighted by Gasteiger charge is 2.31. The quantitative estimate of drug-likeness (QED) is 0.595. The monoisotopic (exact) mass is 258 g/mol. The Kier molecular flexibility index (Phi) is 3.93. The van der Waals surface area contributed by atoms with Crippen LogP contribution in [0.1, 0.15) is 58.3 Å². The molecule has 0 heterocycles. The molecule has 2 aliphatic rings. The zero-order valence-corrected chi connectivity index (χ0v) is 10.9. The second kappa shape index (κ2) is 5.01. The number of halogens is 1. The van der Waals surface area contributed by atoms with Crippen LogP contribution >= 0.6 is 15.9 Å². The lowest BCUT2D eigenvalue weighted by molar-refractivity contribution is 0.180. The van der Waals surface area contributed by atoms with Crippen molar-refractivity contribution < 1.29 is 0 Å². The van der Waals surface area contributed by atoms with Crippen molar-refractivity contribution in [1.82, 2.24) is 0 Å². The van der Waals surface area contributed by atoms with Crippen molar-refractivity contribution in [3.8, 4) is 0 Å². The predicted octanol–water partition coefficient (Wildman–Crippen LogP) is 4.77. The molecular formula is C13H23Br. The first-order chi connectivity index (χ1) is 6.77. The zero-order chi connectivity index (χ0) is 9.97. The predicted molar refractivity (Wildman–Crippen MR) is 65.8 cm³/mol. The van der Waals surface area contributed by atoms with E-state index >= 15 is 0 Å². The van der Waals surface area contributed by atoms with E-state index in [9.17, 15) is 0 Å². The van der Waals surface area contributed by atoms with Crippen LogP contribution in [0.15, 0.2) is 0 Å². The molecule has 0 aromatic heterocycles. The van der Waals surface area contributed by atoms with E-state index in [1.54, 1.807) is 0 Å². The molecule has 0 aliphatic heterocycles. The molecule has 2 aliphatic carbocycles. The van der Waals surface area contributed by atoms with Crippen LogP contribution in [0.2, 0.25) is 0 Å². The molecule has 0 aromatic rings. The third-order valence-electron chi connectivity index (χ3n) is 4.40. The molecule has 0 aromatic carbocycles. The third kappa shape index (κ3) is 2.53. The lowest BCUT2D eigenvalue weighted by Crippen LogP contribution is -2.29. The fourth-order valence-electron chi connectivity index (χ4n) is 3.36. The van der Waals surface area contributed by atoms with E-state index in [4.69, 9.17) is 0 Å². The maximum Gasteiger partial charge on any atom is 0.0176 e. The van der Waals surface area contributed by atoms with Gasteiger partial charge in [0.1, 0.15) is 0 Å². The lowest BCUT2D eigenvalue weighted by Gasteiger charge is -2.37. The van der Waals surface area contributed by atoms with Gasteiger partial charge in [-0.1, -0.05) is 48.5 Å². The fourth-order valence-corrected chi connectivity index (χ4v) is 4.38. The molecule has 0 N–H and O–H groups in total. The van der Waals surface area contributed by atoms with Crippen LogP contribution < -0.4 is 0 Å². The molecule has 0 radical (unpaired) electrons. The molecule has 2 rings (SSSR count). The molecule has 0 spiro atoms. The van der Waals surface area contributed by atoms with E-state index in [-0.39, 0.29) is 0 Å². The summed E-state index contributed by atoms with van der Waals surface area (Å²) in [6, 6.07) is 0. The topological polar surface area (TPSA) is 0 Å². The second-order valence-corrected chi connectivity index (χ2v) is 6.66. The summed E-state index contributed by atoms with van der Waals surface area (Å²) >= 11 is 3.91. The van der Waals surface area contributed by atoms with E-state index in [0.29, 0.717) is 0 Å². The van der Waals surface area contributed by atoms with E-state index < -0.39 is 0 Å². The van der Waals surface area contributed by atoms with Gasteiger partial charge in [0, 0.05) is 4.83 Å². The van der Waals surface area contributed by atoms with Crippen LogP contribution in [0.25, 0.3) is 0 Å². The molecule has 14 heavy (non-hydrogen) atoms. The molecule has 2 atom stereocenters. The molecule has 2 saturated carbocycles. The average molecular weight is 259 g/mol. The maximum atomic E-state index is 3.91. The van der Waals surface area contributed by atoms with E-state index in [1.807, 2.05) is 0 Å². The van der Waals surface area contributed by atoms with Gasteiger partial charge in [-0.2, -0.15) is 0 Å². The highest BCUT2D eigenvalue weighted by Crippen LogP contribution is 2.42. The molecule has 0 nitrogen and oxygen atoms in total. The summed E-state index contributed by atoms with van der Waals surface area (Å²) < 4.78 is 0. The van der Waals surface area contributed by atoms with Crippen molar-refractivity contribution in [2.45, 2.75) is 63.1 Å². The minimum absolute atomic E-state index is 0.842. The third-order valence-corrected chi connectivity index (χ3v) is 5.53. The van der Waals surface area contributed by atoms with Crippen LogP contribution in [-0.4, -0.2) is 4.83 Å². The number of hydrogen-bond donors (Lipinski definition) is 0. The van der Waals surface area contributed by atoms with Crippen LogP contribution in [-0.2, 0) is 0 Å². The van der Waals surface area contributed by atoms with Gasteiger partial charge in [-0.25, -0.2) is 0 Å². The zero-order valence-electron chi connectivity index (χ0n) is 9.34. The van der Waals surface area contributed by atoms with Gasteiger partial charge in [-0.15, -0.1) is 0 Å². The Balaban J connectivity index is 1.87. The summed E-state index contributed by atoms with van der Waals surface area (Å²) in [5.41, 5.74) is 0. The second-order valence-electron chi connectivity index (χ2n) is 5.48. The summed E-state index contributed by atoms with van der Waals surface area (Å²) in [4.78, 5) is 0.842. The van der Waals surface area contributed by atoms with Gasteiger partial charge in [0.05, 0.1) is 0 Å². The molecule has 2 fully saturated rings. The molecule has 0 bridgehead atoms. The van der Waals surface area contributed by atoms with Gasteiger partial charge in [0.2, 0.25) is 0 Å².